The fourth-order valence-electron chi connectivity index (χ4n) is 1.33. The van der Waals surface area contributed by atoms with Gasteiger partial charge in [-0.3, -0.25) is 4.98 Å². The fourth-order valence-corrected chi connectivity index (χ4v) is 1.33. The summed E-state index contributed by atoms with van der Waals surface area (Å²) in [5, 5.41) is 45.8. The van der Waals surface area contributed by atoms with E-state index in [1.807, 2.05) is 18.2 Å². The molecule has 10 heteroatoms. The molecule has 29 heavy (non-hydrogen) atoms. The van der Waals surface area contributed by atoms with Gasteiger partial charge in [0, 0.05) is 12.4 Å². The Bertz CT molecular complexity index is 584. The first-order chi connectivity index (χ1) is 13.3. The van der Waals surface area contributed by atoms with Crippen LogP contribution in [0.4, 0.5) is 0 Å². The molecular weight excluding hydrogens is 421 g/mol. The number of oxime groups is 2. The van der Waals surface area contributed by atoms with Gasteiger partial charge in [0.1, 0.15) is 0 Å². The van der Waals surface area contributed by atoms with Crippen molar-refractivity contribution < 1.29 is 27.2 Å². The van der Waals surface area contributed by atoms with Gasteiger partial charge in [-0.25, -0.2) is 18.6 Å². The number of hydrogen-bond acceptors (Lipinski definition) is 9. The van der Waals surface area contributed by atoms with Crippen molar-refractivity contribution >= 4 is 22.8 Å². The van der Waals surface area contributed by atoms with E-state index in [0.717, 1.165) is 0 Å². The average molecular weight is 449 g/mol. The summed E-state index contributed by atoms with van der Waals surface area (Å²) in [6.45, 7) is 9.74. The third-order valence-electron chi connectivity index (χ3n) is 3.32. The molecule has 0 fully saturated rings. The predicted octanol–water partition coefficient (Wildman–Crippen LogP) is 4.60. The van der Waals surface area contributed by atoms with Crippen LogP contribution in [-0.4, -0.2) is 38.2 Å². The van der Waals surface area contributed by atoms with Crippen LogP contribution < -0.4 is 0 Å². The SMILES string of the molecule is CC(=N/[O-])/C(C)=N/O.CC(=N\[O-])/C(C)=N/O.[CH2-]C1=CCCC1.[Co+3].c1ccncc1. The van der Waals surface area contributed by atoms with Crippen LogP contribution in [0.15, 0.2) is 62.9 Å². The molecule has 0 amide bonds. The van der Waals surface area contributed by atoms with Gasteiger partial charge in [-0.05, 0) is 39.8 Å². The van der Waals surface area contributed by atoms with Crippen molar-refractivity contribution in [2.75, 3.05) is 0 Å². The van der Waals surface area contributed by atoms with Crippen LogP contribution in [-0.2, 0) is 16.8 Å². The molecule has 0 spiro atoms. The molecule has 1 aliphatic rings. The van der Waals surface area contributed by atoms with Gasteiger partial charge in [0.2, 0.25) is 0 Å². The number of pyridine rings is 1. The Morgan fingerprint density at radius 2 is 1.34 bits per heavy atom. The van der Waals surface area contributed by atoms with Crippen molar-refractivity contribution in [3.63, 3.8) is 0 Å². The van der Waals surface area contributed by atoms with Crippen LogP contribution in [0.25, 0.3) is 0 Å². The molecular formula is C19H28CoN5O4. The summed E-state index contributed by atoms with van der Waals surface area (Å²) in [5.74, 6) is 0. The second-order valence-corrected chi connectivity index (χ2v) is 5.50. The van der Waals surface area contributed by atoms with Gasteiger partial charge in [0.25, 0.3) is 0 Å². The molecule has 1 aliphatic carbocycles. The minimum absolute atomic E-state index is 0. The number of hydrogen-bond donors (Lipinski definition) is 2. The Morgan fingerprint density at radius 3 is 1.45 bits per heavy atom. The monoisotopic (exact) mass is 449 g/mol. The van der Waals surface area contributed by atoms with Crippen LogP contribution in [0, 0.1) is 17.3 Å². The van der Waals surface area contributed by atoms with E-state index in [2.05, 4.69) is 38.6 Å². The van der Waals surface area contributed by atoms with Crippen LogP contribution in [0.1, 0.15) is 47.0 Å². The molecule has 0 aliphatic heterocycles. The van der Waals surface area contributed by atoms with Gasteiger partial charge < -0.3 is 31.1 Å². The number of rotatable bonds is 2. The number of allylic oxidation sites excluding steroid dienone is 2. The minimum Gasteiger partial charge on any atom is -0.792 e. The van der Waals surface area contributed by atoms with Gasteiger partial charge in [0.05, 0.1) is 22.8 Å². The second kappa shape index (κ2) is 21.4. The molecule has 162 valence electrons. The summed E-state index contributed by atoms with van der Waals surface area (Å²) >= 11 is 0. The number of nitrogens with zero attached hydrogens (tertiary/aromatic N) is 5. The van der Waals surface area contributed by atoms with Crippen LogP contribution in [0.3, 0.4) is 0 Å². The third kappa shape index (κ3) is 19.7. The standard InChI is InChI=1S/C6H9.C5H5N.2C4H8N2O2.Co/c1-6-4-2-3-5-6;1-2-4-6-5-3-1;2*1-3(5-7)4(2)6-8;/h4H,1-3,5H2;1-5H;2*7-8H,1-2H3;/q-1;;;;+3/p-2/b;;5-3+,6-4+;5-3-,6-4+;. The molecule has 0 unspecified atom stereocenters. The van der Waals surface area contributed by atoms with Crippen molar-refractivity contribution in [1.29, 1.82) is 0 Å². The normalized spacial score (nSPS) is 13.9. The summed E-state index contributed by atoms with van der Waals surface area (Å²) in [6, 6.07) is 5.72. The maximum absolute atomic E-state index is 9.63. The smallest absolute Gasteiger partial charge is 0.792 e. The van der Waals surface area contributed by atoms with E-state index in [1.165, 1.54) is 52.5 Å². The molecule has 0 saturated heterocycles. The van der Waals surface area contributed by atoms with Crippen molar-refractivity contribution in [2.24, 2.45) is 20.6 Å². The Hall–Kier alpha value is -2.85. The quantitative estimate of drug-likeness (QED) is 0.293. The summed E-state index contributed by atoms with van der Waals surface area (Å²) in [7, 11) is 0. The third-order valence-corrected chi connectivity index (χ3v) is 3.32. The van der Waals surface area contributed by atoms with Crippen molar-refractivity contribution in [1.82, 2.24) is 4.98 Å². The molecule has 0 aromatic carbocycles. The molecule has 0 bridgehead atoms. The van der Waals surface area contributed by atoms with Gasteiger partial charge in [-0.1, -0.05) is 29.2 Å². The van der Waals surface area contributed by atoms with E-state index in [1.54, 1.807) is 12.4 Å². The van der Waals surface area contributed by atoms with Gasteiger partial charge >= 0.3 is 16.8 Å². The Balaban J connectivity index is -0.000000309. The molecule has 1 heterocycles. The minimum atomic E-state index is 0. The van der Waals surface area contributed by atoms with E-state index in [4.69, 9.17) is 10.4 Å². The van der Waals surface area contributed by atoms with E-state index in [9.17, 15) is 10.4 Å². The molecule has 0 atom stereocenters. The average Bonchev–Trinajstić information content (AvgIpc) is 3.24. The molecule has 0 saturated carbocycles. The van der Waals surface area contributed by atoms with Crippen molar-refractivity contribution in [2.45, 2.75) is 47.0 Å². The van der Waals surface area contributed by atoms with Crippen LogP contribution >= 0.6 is 0 Å². The largest absolute Gasteiger partial charge is 3.00 e. The number of aromatic nitrogens is 1. The van der Waals surface area contributed by atoms with Gasteiger partial charge in [-0.2, -0.15) is 0 Å². The van der Waals surface area contributed by atoms with E-state index < -0.39 is 0 Å². The Morgan fingerprint density at radius 1 is 0.897 bits per heavy atom. The predicted molar refractivity (Wildman–Crippen MR) is 114 cm³/mol. The van der Waals surface area contributed by atoms with E-state index >= 15 is 0 Å². The first-order valence-electron chi connectivity index (χ1n) is 8.41. The molecule has 9 nitrogen and oxygen atoms in total. The molecule has 1 aromatic heterocycles. The topological polar surface area (TPSA) is 149 Å². The maximum atomic E-state index is 9.63. The summed E-state index contributed by atoms with van der Waals surface area (Å²) < 4.78 is 0. The molecule has 2 N–H and O–H groups in total. The summed E-state index contributed by atoms with van der Waals surface area (Å²) in [5.41, 5.74) is 2.23. The second-order valence-electron chi connectivity index (χ2n) is 5.50. The van der Waals surface area contributed by atoms with Gasteiger partial charge in [-0.15, -0.1) is 6.42 Å². The maximum Gasteiger partial charge on any atom is 3.00 e. The zero-order valence-electron chi connectivity index (χ0n) is 17.1. The van der Waals surface area contributed by atoms with Crippen molar-refractivity contribution in [3.05, 3.63) is 59.6 Å². The molecule has 2 rings (SSSR count). The Kier molecular flexibility index (Phi) is 22.8. The summed E-state index contributed by atoms with van der Waals surface area (Å²) in [6.07, 6.45) is 9.54. The molecule has 0 radical (unpaired) electrons. The van der Waals surface area contributed by atoms with E-state index in [0.29, 0.717) is 0 Å². The van der Waals surface area contributed by atoms with Crippen LogP contribution in [0.2, 0.25) is 0 Å². The first-order valence-corrected chi connectivity index (χ1v) is 8.41. The zero-order valence-corrected chi connectivity index (χ0v) is 18.1. The van der Waals surface area contributed by atoms with E-state index in [-0.39, 0.29) is 39.6 Å². The van der Waals surface area contributed by atoms with Crippen LogP contribution in [0.5, 0.6) is 0 Å². The molecule has 1 aromatic rings. The van der Waals surface area contributed by atoms with Gasteiger partial charge in [0.15, 0.2) is 0 Å². The fraction of sp³-hybridized carbons (Fsp3) is 0.368. The zero-order chi connectivity index (χ0) is 21.8. The first kappa shape index (κ1) is 30.9. The van der Waals surface area contributed by atoms with Crippen molar-refractivity contribution in [3.8, 4) is 0 Å². The Labute approximate surface area is 182 Å². The summed E-state index contributed by atoms with van der Waals surface area (Å²) in [4.78, 5) is 3.78.